The van der Waals surface area contributed by atoms with Gasteiger partial charge in [-0.3, -0.25) is 4.79 Å². The predicted molar refractivity (Wildman–Crippen MR) is 77.3 cm³/mol. The van der Waals surface area contributed by atoms with Gasteiger partial charge in [-0.05, 0) is 26.0 Å². The third kappa shape index (κ3) is 3.12. The van der Waals surface area contributed by atoms with E-state index in [0.717, 1.165) is 15.7 Å². The van der Waals surface area contributed by atoms with Crippen molar-refractivity contribution in [3.8, 4) is 0 Å². The van der Waals surface area contributed by atoms with Crippen LogP contribution in [0, 0.1) is 6.92 Å². The average molecular weight is 321 g/mol. The lowest BCUT2D eigenvalue weighted by atomic mass is 10.1. The fourth-order valence-corrected chi connectivity index (χ4v) is 2.20. The second-order valence-corrected chi connectivity index (χ2v) is 4.86. The molecule has 0 radical (unpaired) electrons. The largest absolute Gasteiger partial charge is 0.469 e. The van der Waals surface area contributed by atoms with E-state index in [1.54, 1.807) is 13.0 Å². The molecule has 1 N–H and O–H groups in total. The van der Waals surface area contributed by atoms with Crippen molar-refractivity contribution in [3.05, 3.63) is 58.0 Å². The smallest absolute Gasteiger partial charge is 0.274 e. The van der Waals surface area contributed by atoms with E-state index in [2.05, 4.69) is 26.5 Å². The van der Waals surface area contributed by atoms with Gasteiger partial charge in [-0.1, -0.05) is 34.1 Å². The number of carbonyl (C=O) groups excluding carboxylic acids is 1. The zero-order valence-electron chi connectivity index (χ0n) is 10.6. The molecule has 19 heavy (non-hydrogen) atoms. The van der Waals surface area contributed by atoms with Crippen molar-refractivity contribution in [2.75, 3.05) is 0 Å². The van der Waals surface area contributed by atoms with Crippen LogP contribution in [-0.2, 0) is 0 Å². The second kappa shape index (κ2) is 5.84. The van der Waals surface area contributed by atoms with E-state index >= 15 is 0 Å². The minimum absolute atomic E-state index is 0.280. The number of rotatable bonds is 3. The third-order valence-corrected chi connectivity index (χ3v) is 3.38. The van der Waals surface area contributed by atoms with E-state index in [0.29, 0.717) is 11.3 Å². The van der Waals surface area contributed by atoms with Crippen LogP contribution >= 0.6 is 15.9 Å². The van der Waals surface area contributed by atoms with Crippen molar-refractivity contribution in [1.29, 1.82) is 0 Å². The van der Waals surface area contributed by atoms with Crippen molar-refractivity contribution in [2.45, 2.75) is 13.8 Å². The summed E-state index contributed by atoms with van der Waals surface area (Å²) in [5.74, 6) is 0.295. The lowest BCUT2D eigenvalue weighted by Gasteiger charge is -2.04. The first kappa shape index (κ1) is 13.5. The number of aryl methyl sites for hydroxylation is 1. The highest BCUT2D eigenvalue weighted by molar-refractivity contribution is 9.10. The van der Waals surface area contributed by atoms with Crippen molar-refractivity contribution in [2.24, 2.45) is 5.10 Å². The molecule has 1 aromatic heterocycles. The second-order valence-electron chi connectivity index (χ2n) is 4.01. The van der Waals surface area contributed by atoms with Crippen molar-refractivity contribution in [3.63, 3.8) is 0 Å². The van der Waals surface area contributed by atoms with Crippen LogP contribution in [-0.4, -0.2) is 11.6 Å². The standard InChI is InChI=1S/C14H13BrN2O2/c1-9(11-5-3-4-6-13(11)15)16-17-14(18)12-7-8-19-10(12)2/h3-8H,1-2H3,(H,17,18)/b16-9+. The number of amides is 1. The number of carbonyl (C=O) groups is 1. The molecule has 0 aliphatic heterocycles. The van der Waals surface area contributed by atoms with E-state index in [9.17, 15) is 4.79 Å². The molecule has 0 aliphatic rings. The van der Waals surface area contributed by atoms with Crippen LogP contribution in [0.5, 0.6) is 0 Å². The number of hydrogen-bond acceptors (Lipinski definition) is 3. The summed E-state index contributed by atoms with van der Waals surface area (Å²) in [7, 11) is 0. The highest BCUT2D eigenvalue weighted by Crippen LogP contribution is 2.16. The first-order chi connectivity index (χ1) is 9.09. The van der Waals surface area contributed by atoms with Crippen LogP contribution in [0.15, 0.2) is 50.6 Å². The Morgan fingerprint density at radius 2 is 2.00 bits per heavy atom. The van der Waals surface area contributed by atoms with Crippen LogP contribution in [0.25, 0.3) is 0 Å². The molecule has 5 heteroatoms. The fourth-order valence-electron chi connectivity index (χ4n) is 1.63. The zero-order chi connectivity index (χ0) is 13.8. The molecule has 0 fully saturated rings. The molecule has 4 nitrogen and oxygen atoms in total. The minimum Gasteiger partial charge on any atom is -0.469 e. The minimum atomic E-state index is -0.280. The molecule has 0 saturated carbocycles. The number of hydrazone groups is 1. The molecular weight excluding hydrogens is 308 g/mol. The molecule has 0 bridgehead atoms. The van der Waals surface area contributed by atoms with Gasteiger partial charge < -0.3 is 4.42 Å². The quantitative estimate of drug-likeness (QED) is 0.695. The average Bonchev–Trinajstić information content (AvgIpc) is 2.82. The Bertz CT molecular complexity index is 632. The van der Waals surface area contributed by atoms with Crippen LogP contribution in [0.3, 0.4) is 0 Å². The first-order valence-electron chi connectivity index (χ1n) is 5.73. The summed E-state index contributed by atoms with van der Waals surface area (Å²) in [4.78, 5) is 11.9. The molecule has 0 spiro atoms. The van der Waals surface area contributed by atoms with Gasteiger partial charge in [-0.15, -0.1) is 0 Å². The van der Waals surface area contributed by atoms with Crippen molar-refractivity contribution < 1.29 is 9.21 Å². The summed E-state index contributed by atoms with van der Waals surface area (Å²) in [6.07, 6.45) is 1.48. The van der Waals surface area contributed by atoms with E-state index in [1.165, 1.54) is 6.26 Å². The summed E-state index contributed by atoms with van der Waals surface area (Å²) < 4.78 is 6.01. The summed E-state index contributed by atoms with van der Waals surface area (Å²) in [6, 6.07) is 9.32. The monoisotopic (exact) mass is 320 g/mol. The maximum absolute atomic E-state index is 11.9. The SMILES string of the molecule is C/C(=N\NC(=O)c1ccoc1C)c1ccccc1Br. The topological polar surface area (TPSA) is 54.6 Å². The van der Waals surface area contributed by atoms with E-state index < -0.39 is 0 Å². The molecule has 0 aliphatic carbocycles. The number of benzene rings is 1. The molecule has 98 valence electrons. The Labute approximate surface area is 119 Å². The van der Waals surface area contributed by atoms with Crippen LogP contribution < -0.4 is 5.43 Å². The molecule has 0 unspecified atom stereocenters. The molecule has 2 rings (SSSR count). The lowest BCUT2D eigenvalue weighted by molar-refractivity contribution is 0.0953. The van der Waals surface area contributed by atoms with Gasteiger partial charge >= 0.3 is 0 Å². The van der Waals surface area contributed by atoms with Gasteiger partial charge in [0.15, 0.2) is 0 Å². The highest BCUT2D eigenvalue weighted by atomic mass is 79.9. The van der Waals surface area contributed by atoms with Gasteiger partial charge in [0, 0.05) is 10.0 Å². The summed E-state index contributed by atoms with van der Waals surface area (Å²) >= 11 is 3.45. The maximum Gasteiger partial charge on any atom is 0.274 e. The number of nitrogens with zero attached hydrogens (tertiary/aromatic N) is 1. The molecular formula is C14H13BrN2O2. The van der Waals surface area contributed by atoms with Gasteiger partial charge in [0.25, 0.3) is 5.91 Å². The Hall–Kier alpha value is -1.88. The first-order valence-corrected chi connectivity index (χ1v) is 6.52. The maximum atomic E-state index is 11.9. The Morgan fingerprint density at radius 1 is 1.26 bits per heavy atom. The highest BCUT2D eigenvalue weighted by Gasteiger charge is 2.10. The Balaban J connectivity index is 2.13. The van der Waals surface area contributed by atoms with Crippen molar-refractivity contribution in [1.82, 2.24) is 5.43 Å². The third-order valence-electron chi connectivity index (χ3n) is 2.69. The van der Waals surface area contributed by atoms with Gasteiger partial charge in [0.2, 0.25) is 0 Å². The molecule has 1 heterocycles. The summed E-state index contributed by atoms with van der Waals surface area (Å²) in [5.41, 5.74) is 4.67. The number of hydrogen-bond donors (Lipinski definition) is 1. The van der Waals surface area contributed by atoms with Crippen LogP contribution in [0.2, 0.25) is 0 Å². The number of nitrogens with one attached hydrogen (secondary N) is 1. The van der Waals surface area contributed by atoms with Gasteiger partial charge in [-0.2, -0.15) is 5.10 Å². The van der Waals surface area contributed by atoms with Crippen LogP contribution in [0.4, 0.5) is 0 Å². The Morgan fingerprint density at radius 3 is 2.63 bits per heavy atom. The fraction of sp³-hybridized carbons (Fsp3) is 0.143. The molecule has 1 aromatic carbocycles. The zero-order valence-corrected chi connectivity index (χ0v) is 12.2. The van der Waals surface area contributed by atoms with Crippen LogP contribution in [0.1, 0.15) is 28.6 Å². The summed E-state index contributed by atoms with van der Waals surface area (Å²) in [6.45, 7) is 3.57. The number of furan rings is 1. The van der Waals surface area contributed by atoms with E-state index in [1.807, 2.05) is 31.2 Å². The summed E-state index contributed by atoms with van der Waals surface area (Å²) in [5, 5.41) is 4.10. The van der Waals surface area contributed by atoms with Gasteiger partial charge in [0.05, 0.1) is 17.5 Å². The number of halogens is 1. The van der Waals surface area contributed by atoms with E-state index in [-0.39, 0.29) is 5.91 Å². The molecule has 0 saturated heterocycles. The van der Waals surface area contributed by atoms with Gasteiger partial charge in [-0.25, -0.2) is 5.43 Å². The van der Waals surface area contributed by atoms with E-state index in [4.69, 9.17) is 4.42 Å². The Kier molecular flexibility index (Phi) is 4.16. The normalized spacial score (nSPS) is 11.4. The lowest BCUT2D eigenvalue weighted by Crippen LogP contribution is -2.19. The molecule has 1 amide bonds. The molecule has 2 aromatic rings. The predicted octanol–water partition coefficient (Wildman–Crippen LogP) is 3.50. The van der Waals surface area contributed by atoms with Gasteiger partial charge in [0.1, 0.15) is 5.76 Å². The molecule has 0 atom stereocenters. The van der Waals surface area contributed by atoms with Crippen molar-refractivity contribution >= 4 is 27.5 Å².